The first kappa shape index (κ1) is 25.5. The first-order valence-electron chi connectivity index (χ1n) is 15.9. The van der Waals surface area contributed by atoms with Crippen molar-refractivity contribution in [2.24, 2.45) is 0 Å². The highest BCUT2D eigenvalue weighted by Crippen LogP contribution is 2.54. The minimum Gasteiger partial charge on any atom is -0.456 e. The number of hydrogen-bond acceptors (Lipinski definition) is 3. The predicted octanol–water partition coefficient (Wildman–Crippen LogP) is 12.4. The highest BCUT2D eigenvalue weighted by molar-refractivity contribution is 6.16. The van der Waals surface area contributed by atoms with Crippen LogP contribution in [0.5, 0.6) is 0 Å². The van der Waals surface area contributed by atoms with Gasteiger partial charge in [0.2, 0.25) is 0 Å². The molecule has 0 fully saturated rings. The molecule has 9 aromatic rings. The molecule has 3 nitrogen and oxygen atoms in total. The van der Waals surface area contributed by atoms with Crippen molar-refractivity contribution >= 4 is 71.7 Å². The Kier molecular flexibility index (Phi) is 5.06. The molecule has 1 aliphatic rings. The van der Waals surface area contributed by atoms with Gasteiger partial charge in [0.1, 0.15) is 22.3 Å². The first-order valence-corrected chi connectivity index (χ1v) is 15.9. The fraction of sp³-hybridized carbons (Fsp3) is 0.0698. The van der Waals surface area contributed by atoms with Crippen molar-refractivity contribution in [2.75, 3.05) is 4.90 Å². The molecule has 0 radical (unpaired) electrons. The van der Waals surface area contributed by atoms with E-state index in [0.717, 1.165) is 71.7 Å². The van der Waals surface area contributed by atoms with Gasteiger partial charge >= 0.3 is 0 Å². The summed E-state index contributed by atoms with van der Waals surface area (Å²) in [6.45, 7) is 4.67. The minimum absolute atomic E-state index is 0.111. The zero-order valence-electron chi connectivity index (χ0n) is 25.5. The number of rotatable bonds is 3. The Morgan fingerprint density at radius 3 is 1.98 bits per heavy atom. The molecule has 0 saturated carbocycles. The fourth-order valence-corrected chi connectivity index (χ4v) is 7.83. The average Bonchev–Trinajstić information content (AvgIpc) is 3.73. The second kappa shape index (κ2) is 9.12. The number of anilines is 3. The molecule has 0 N–H and O–H groups in total. The molecule has 218 valence electrons. The number of para-hydroxylation sites is 2. The van der Waals surface area contributed by atoms with Gasteiger partial charge in [0.15, 0.2) is 0 Å². The maximum Gasteiger partial charge on any atom is 0.143 e. The van der Waals surface area contributed by atoms with E-state index in [0.29, 0.717) is 0 Å². The van der Waals surface area contributed by atoms with E-state index in [9.17, 15) is 0 Å². The van der Waals surface area contributed by atoms with Crippen LogP contribution in [-0.2, 0) is 5.41 Å². The molecule has 0 amide bonds. The van der Waals surface area contributed by atoms with Gasteiger partial charge in [-0.15, -0.1) is 0 Å². The molecule has 2 aromatic heterocycles. The monoisotopic (exact) mass is 591 g/mol. The summed E-state index contributed by atoms with van der Waals surface area (Å²) < 4.78 is 12.9. The van der Waals surface area contributed by atoms with Gasteiger partial charge in [0.05, 0.1) is 5.69 Å². The van der Waals surface area contributed by atoms with Crippen LogP contribution in [0.4, 0.5) is 17.1 Å². The number of furan rings is 2. The zero-order valence-corrected chi connectivity index (χ0v) is 25.5. The van der Waals surface area contributed by atoms with Crippen molar-refractivity contribution in [2.45, 2.75) is 19.3 Å². The van der Waals surface area contributed by atoms with Gasteiger partial charge in [-0.05, 0) is 70.6 Å². The van der Waals surface area contributed by atoms with Crippen molar-refractivity contribution < 1.29 is 8.83 Å². The molecule has 1 aliphatic carbocycles. The van der Waals surface area contributed by atoms with E-state index in [2.05, 4.69) is 134 Å². The summed E-state index contributed by atoms with van der Waals surface area (Å²) in [5.74, 6) is 0. The quantitative estimate of drug-likeness (QED) is 0.205. The molecule has 0 aliphatic heterocycles. The van der Waals surface area contributed by atoms with E-state index in [1.54, 1.807) is 0 Å². The van der Waals surface area contributed by atoms with Gasteiger partial charge < -0.3 is 13.7 Å². The Labute approximate surface area is 265 Å². The largest absolute Gasteiger partial charge is 0.456 e. The Morgan fingerprint density at radius 1 is 0.478 bits per heavy atom. The summed E-state index contributed by atoms with van der Waals surface area (Å²) in [5, 5.41) is 6.75. The van der Waals surface area contributed by atoms with Gasteiger partial charge in [-0.25, -0.2) is 0 Å². The standard InChI is InChI=1S/C43H29NO2/c1-43(2)35-13-6-3-12-33(35)41-36(43)14-9-15-37(41)44(28-21-23-31-29-10-4-7-16-38(29)45-40(31)25-28)27-20-18-26-19-22-32-30-11-5-8-17-39(30)46-42(32)34(26)24-27/h3-25H,1-2H3. The average molecular weight is 592 g/mol. The summed E-state index contributed by atoms with van der Waals surface area (Å²) in [7, 11) is 0. The lowest BCUT2D eigenvalue weighted by molar-refractivity contribution is 0.660. The van der Waals surface area contributed by atoms with Crippen molar-refractivity contribution in [3.63, 3.8) is 0 Å². The zero-order chi connectivity index (χ0) is 30.6. The van der Waals surface area contributed by atoms with Gasteiger partial charge in [-0.2, -0.15) is 0 Å². The Morgan fingerprint density at radius 2 is 1.11 bits per heavy atom. The summed E-state index contributed by atoms with van der Waals surface area (Å²) in [5.41, 5.74) is 12.0. The molecular formula is C43H29NO2. The second-order valence-corrected chi connectivity index (χ2v) is 12.9. The highest BCUT2D eigenvalue weighted by atomic mass is 16.3. The van der Waals surface area contributed by atoms with Gasteiger partial charge in [-0.3, -0.25) is 0 Å². The molecule has 46 heavy (non-hydrogen) atoms. The van der Waals surface area contributed by atoms with Crippen LogP contribution in [0.2, 0.25) is 0 Å². The van der Waals surface area contributed by atoms with Crippen LogP contribution in [0.25, 0.3) is 65.8 Å². The summed E-state index contributed by atoms with van der Waals surface area (Å²) in [6.07, 6.45) is 0. The van der Waals surface area contributed by atoms with Crippen molar-refractivity contribution in [3.05, 3.63) is 151 Å². The SMILES string of the molecule is CC1(C)c2ccccc2-c2c(N(c3ccc4c(c3)oc3ccccc34)c3ccc4ccc5c6ccccc6oc5c4c3)cccc21. The van der Waals surface area contributed by atoms with E-state index < -0.39 is 0 Å². The lowest BCUT2D eigenvalue weighted by Crippen LogP contribution is -2.16. The van der Waals surface area contributed by atoms with Crippen LogP contribution in [0.3, 0.4) is 0 Å². The maximum absolute atomic E-state index is 6.52. The molecule has 0 saturated heterocycles. The third-order valence-electron chi connectivity index (χ3n) is 10.1. The lowest BCUT2D eigenvalue weighted by Gasteiger charge is -2.29. The minimum atomic E-state index is -0.111. The Balaban J connectivity index is 1.28. The van der Waals surface area contributed by atoms with E-state index in [-0.39, 0.29) is 5.41 Å². The fourth-order valence-electron chi connectivity index (χ4n) is 7.83. The highest BCUT2D eigenvalue weighted by Gasteiger charge is 2.37. The van der Waals surface area contributed by atoms with Crippen molar-refractivity contribution in [1.29, 1.82) is 0 Å². The molecule has 10 rings (SSSR count). The van der Waals surface area contributed by atoms with Crippen LogP contribution in [0, 0.1) is 0 Å². The Bertz CT molecular complexity index is 2690. The number of benzene rings is 7. The predicted molar refractivity (Wildman–Crippen MR) is 191 cm³/mol. The van der Waals surface area contributed by atoms with E-state index in [1.807, 2.05) is 24.3 Å². The van der Waals surface area contributed by atoms with Crippen LogP contribution >= 0.6 is 0 Å². The third kappa shape index (κ3) is 3.43. The van der Waals surface area contributed by atoms with E-state index in [4.69, 9.17) is 8.83 Å². The number of hydrogen-bond donors (Lipinski definition) is 0. The molecule has 2 heterocycles. The van der Waals surface area contributed by atoms with Gasteiger partial charge in [0.25, 0.3) is 0 Å². The lowest BCUT2D eigenvalue weighted by atomic mass is 9.82. The van der Waals surface area contributed by atoms with Crippen LogP contribution in [0.1, 0.15) is 25.0 Å². The van der Waals surface area contributed by atoms with Crippen molar-refractivity contribution in [3.8, 4) is 11.1 Å². The van der Waals surface area contributed by atoms with E-state index >= 15 is 0 Å². The van der Waals surface area contributed by atoms with Gasteiger partial charge in [0, 0.05) is 55.4 Å². The van der Waals surface area contributed by atoms with Crippen LogP contribution < -0.4 is 4.90 Å². The molecule has 0 atom stereocenters. The summed E-state index contributed by atoms with van der Waals surface area (Å²) in [6, 6.07) is 49.9. The second-order valence-electron chi connectivity index (χ2n) is 12.9. The van der Waals surface area contributed by atoms with Gasteiger partial charge in [-0.1, -0.05) is 98.8 Å². The summed E-state index contributed by atoms with van der Waals surface area (Å²) >= 11 is 0. The van der Waals surface area contributed by atoms with E-state index in [1.165, 1.54) is 22.3 Å². The number of fused-ring (bicyclic) bond motifs is 11. The molecule has 3 heteroatoms. The van der Waals surface area contributed by atoms with Crippen LogP contribution in [0.15, 0.2) is 148 Å². The van der Waals surface area contributed by atoms with Crippen molar-refractivity contribution in [1.82, 2.24) is 0 Å². The first-order chi connectivity index (χ1) is 22.6. The smallest absolute Gasteiger partial charge is 0.143 e. The topological polar surface area (TPSA) is 29.5 Å². The molecular weight excluding hydrogens is 562 g/mol. The molecule has 7 aromatic carbocycles. The Hall–Kier alpha value is -5.80. The van der Waals surface area contributed by atoms with Crippen LogP contribution in [-0.4, -0.2) is 0 Å². The molecule has 0 spiro atoms. The molecule has 0 bridgehead atoms. The summed E-state index contributed by atoms with van der Waals surface area (Å²) in [4.78, 5) is 2.39. The molecule has 0 unspecified atom stereocenters. The maximum atomic E-state index is 6.52. The third-order valence-corrected chi connectivity index (χ3v) is 10.1. The number of nitrogens with zero attached hydrogens (tertiary/aromatic N) is 1. The normalized spacial score (nSPS) is 13.6.